The normalized spacial score (nSPS) is 11.8. The van der Waals surface area contributed by atoms with Gasteiger partial charge >= 0.3 is 5.97 Å². The molecule has 1 N–H and O–H groups in total. The molecule has 0 fully saturated rings. The molecule has 27 heavy (non-hydrogen) atoms. The first-order valence-corrected chi connectivity index (χ1v) is 9.90. The average molecular weight is 379 g/mol. The molecule has 1 atom stereocenters. The third-order valence-corrected chi connectivity index (χ3v) is 5.12. The SMILES string of the molecule is CSc1ccccc1C(=O)OCC(=O)N[C@H](C)c1cccc2ccccc12. The maximum atomic E-state index is 12.3. The van der Waals surface area contributed by atoms with Crippen LogP contribution in [0.1, 0.15) is 28.9 Å². The van der Waals surface area contributed by atoms with Crippen LogP contribution in [0.15, 0.2) is 71.6 Å². The minimum Gasteiger partial charge on any atom is -0.452 e. The highest BCUT2D eigenvalue weighted by Gasteiger charge is 2.16. The summed E-state index contributed by atoms with van der Waals surface area (Å²) in [5, 5.41) is 5.12. The number of fused-ring (bicyclic) bond motifs is 1. The van der Waals surface area contributed by atoms with E-state index in [2.05, 4.69) is 5.32 Å². The van der Waals surface area contributed by atoms with Gasteiger partial charge < -0.3 is 10.1 Å². The predicted octanol–water partition coefficient (Wildman–Crippen LogP) is 4.60. The lowest BCUT2D eigenvalue weighted by Crippen LogP contribution is -2.31. The second kappa shape index (κ2) is 8.73. The Morgan fingerprint density at radius 2 is 1.70 bits per heavy atom. The van der Waals surface area contributed by atoms with Crippen LogP contribution in [0.25, 0.3) is 10.8 Å². The average Bonchev–Trinajstić information content (AvgIpc) is 2.71. The molecular formula is C22H21NO3S. The Balaban J connectivity index is 1.63. The van der Waals surface area contributed by atoms with Gasteiger partial charge in [0.2, 0.25) is 0 Å². The van der Waals surface area contributed by atoms with Gasteiger partial charge in [-0.05, 0) is 41.6 Å². The Bertz CT molecular complexity index is 965. The zero-order chi connectivity index (χ0) is 19.2. The van der Waals surface area contributed by atoms with Gasteiger partial charge in [-0.1, -0.05) is 54.6 Å². The summed E-state index contributed by atoms with van der Waals surface area (Å²) in [5.41, 5.74) is 1.50. The van der Waals surface area contributed by atoms with Crippen molar-refractivity contribution in [3.63, 3.8) is 0 Å². The molecule has 0 aliphatic heterocycles. The number of carbonyl (C=O) groups excluding carboxylic acids is 2. The van der Waals surface area contributed by atoms with E-state index < -0.39 is 5.97 Å². The van der Waals surface area contributed by atoms with Gasteiger partial charge in [-0.25, -0.2) is 4.79 Å². The van der Waals surface area contributed by atoms with Gasteiger partial charge in [0.1, 0.15) is 0 Å². The van der Waals surface area contributed by atoms with E-state index in [9.17, 15) is 9.59 Å². The number of nitrogens with one attached hydrogen (secondary N) is 1. The largest absolute Gasteiger partial charge is 0.452 e. The lowest BCUT2D eigenvalue weighted by molar-refractivity contribution is -0.124. The van der Waals surface area contributed by atoms with E-state index in [-0.39, 0.29) is 18.6 Å². The van der Waals surface area contributed by atoms with Crippen molar-refractivity contribution in [3.05, 3.63) is 77.9 Å². The molecule has 4 nitrogen and oxygen atoms in total. The van der Waals surface area contributed by atoms with Crippen molar-refractivity contribution in [1.82, 2.24) is 5.32 Å². The number of ether oxygens (including phenoxy) is 1. The van der Waals surface area contributed by atoms with Crippen LogP contribution in [0.2, 0.25) is 0 Å². The number of carbonyl (C=O) groups is 2. The highest BCUT2D eigenvalue weighted by Crippen LogP contribution is 2.24. The minimum absolute atomic E-state index is 0.194. The second-order valence-corrected chi connectivity index (χ2v) is 6.98. The first-order chi connectivity index (χ1) is 13.1. The van der Waals surface area contributed by atoms with E-state index in [4.69, 9.17) is 4.74 Å². The molecule has 0 unspecified atom stereocenters. The Kier molecular flexibility index (Phi) is 6.14. The highest BCUT2D eigenvalue weighted by molar-refractivity contribution is 7.98. The number of esters is 1. The van der Waals surface area contributed by atoms with Crippen molar-refractivity contribution in [3.8, 4) is 0 Å². The standard InChI is InChI=1S/C22H21NO3S/c1-15(17-12-7-9-16-8-3-4-10-18(16)17)23-21(24)14-26-22(25)19-11-5-6-13-20(19)27-2/h3-13,15H,14H2,1-2H3,(H,23,24)/t15-/m1/s1. The maximum Gasteiger partial charge on any atom is 0.339 e. The van der Waals surface area contributed by atoms with E-state index in [1.54, 1.807) is 12.1 Å². The molecule has 0 aliphatic carbocycles. The Morgan fingerprint density at radius 3 is 2.52 bits per heavy atom. The molecule has 138 valence electrons. The molecule has 0 radical (unpaired) electrons. The van der Waals surface area contributed by atoms with E-state index in [1.165, 1.54) is 11.8 Å². The van der Waals surface area contributed by atoms with Gasteiger partial charge in [-0.3, -0.25) is 4.79 Å². The highest BCUT2D eigenvalue weighted by atomic mass is 32.2. The molecule has 0 aliphatic rings. The number of amides is 1. The van der Waals surface area contributed by atoms with E-state index >= 15 is 0 Å². The molecule has 0 saturated heterocycles. The predicted molar refractivity (Wildman–Crippen MR) is 109 cm³/mol. The lowest BCUT2D eigenvalue weighted by Gasteiger charge is -2.17. The van der Waals surface area contributed by atoms with E-state index in [1.807, 2.05) is 67.8 Å². The van der Waals surface area contributed by atoms with Gasteiger partial charge in [0.25, 0.3) is 5.91 Å². The molecule has 0 heterocycles. The van der Waals surface area contributed by atoms with Gasteiger partial charge in [-0.2, -0.15) is 0 Å². The van der Waals surface area contributed by atoms with Crippen molar-refractivity contribution in [2.45, 2.75) is 17.9 Å². The first-order valence-electron chi connectivity index (χ1n) is 8.67. The van der Waals surface area contributed by atoms with Crippen molar-refractivity contribution in [2.24, 2.45) is 0 Å². The number of hydrogen-bond donors (Lipinski definition) is 1. The van der Waals surface area contributed by atoms with Crippen LogP contribution < -0.4 is 5.32 Å². The van der Waals surface area contributed by atoms with Crippen LogP contribution >= 0.6 is 11.8 Å². The molecule has 1 amide bonds. The zero-order valence-corrected chi connectivity index (χ0v) is 16.1. The molecule has 0 spiro atoms. The smallest absolute Gasteiger partial charge is 0.339 e. The topological polar surface area (TPSA) is 55.4 Å². The molecule has 3 aromatic carbocycles. The van der Waals surface area contributed by atoms with Crippen LogP contribution in [0.3, 0.4) is 0 Å². The number of benzene rings is 3. The number of thioether (sulfide) groups is 1. The van der Waals surface area contributed by atoms with Gasteiger partial charge in [-0.15, -0.1) is 11.8 Å². The summed E-state index contributed by atoms with van der Waals surface area (Å²) in [6.45, 7) is 1.61. The van der Waals surface area contributed by atoms with Gasteiger partial charge in [0.15, 0.2) is 6.61 Å². The third-order valence-electron chi connectivity index (χ3n) is 4.33. The fourth-order valence-electron chi connectivity index (χ4n) is 3.01. The van der Waals surface area contributed by atoms with Crippen molar-refractivity contribution < 1.29 is 14.3 Å². The summed E-state index contributed by atoms with van der Waals surface area (Å²) < 4.78 is 5.19. The molecular weight excluding hydrogens is 358 g/mol. The van der Waals surface area contributed by atoms with Crippen LogP contribution in [0.5, 0.6) is 0 Å². The molecule has 0 saturated carbocycles. The van der Waals surface area contributed by atoms with E-state index in [0.29, 0.717) is 5.56 Å². The number of hydrogen-bond acceptors (Lipinski definition) is 4. The zero-order valence-electron chi connectivity index (χ0n) is 15.3. The monoisotopic (exact) mass is 379 g/mol. The summed E-state index contributed by atoms with van der Waals surface area (Å²) in [4.78, 5) is 25.3. The van der Waals surface area contributed by atoms with Crippen molar-refractivity contribution in [1.29, 1.82) is 0 Å². The van der Waals surface area contributed by atoms with Gasteiger partial charge in [0.05, 0.1) is 11.6 Å². The first kappa shape index (κ1) is 19.0. The van der Waals surface area contributed by atoms with Gasteiger partial charge in [0, 0.05) is 4.90 Å². The summed E-state index contributed by atoms with van der Waals surface area (Å²) >= 11 is 1.47. The Hall–Kier alpha value is -2.79. The van der Waals surface area contributed by atoms with E-state index in [0.717, 1.165) is 21.2 Å². The molecule has 0 aromatic heterocycles. The summed E-state index contributed by atoms with van der Waals surface area (Å²) in [6.07, 6.45) is 1.89. The van der Waals surface area contributed by atoms with Crippen LogP contribution in [-0.2, 0) is 9.53 Å². The Morgan fingerprint density at radius 1 is 1.00 bits per heavy atom. The van der Waals surface area contributed by atoms with Crippen LogP contribution in [0.4, 0.5) is 0 Å². The third kappa shape index (κ3) is 4.49. The van der Waals surface area contributed by atoms with Crippen LogP contribution in [-0.4, -0.2) is 24.7 Å². The molecule has 0 bridgehead atoms. The fraction of sp³-hybridized carbons (Fsp3) is 0.182. The minimum atomic E-state index is -0.493. The van der Waals surface area contributed by atoms with Crippen molar-refractivity contribution in [2.75, 3.05) is 12.9 Å². The summed E-state index contributed by atoms with van der Waals surface area (Å²) in [6, 6.07) is 21.0. The maximum absolute atomic E-state index is 12.3. The Labute approximate surface area is 162 Å². The summed E-state index contributed by atoms with van der Waals surface area (Å²) in [5.74, 6) is -0.821. The number of rotatable bonds is 6. The van der Waals surface area contributed by atoms with Crippen molar-refractivity contribution >= 4 is 34.4 Å². The second-order valence-electron chi connectivity index (χ2n) is 6.13. The molecule has 3 aromatic rings. The quantitative estimate of drug-likeness (QED) is 0.502. The lowest BCUT2D eigenvalue weighted by atomic mass is 10.00. The molecule has 5 heteroatoms. The fourth-order valence-corrected chi connectivity index (χ4v) is 3.60. The van der Waals surface area contributed by atoms with Crippen LogP contribution in [0, 0.1) is 0 Å². The summed E-state index contributed by atoms with van der Waals surface area (Å²) in [7, 11) is 0. The molecule has 3 rings (SSSR count).